The summed E-state index contributed by atoms with van der Waals surface area (Å²) in [6.45, 7) is 8.92. The minimum atomic E-state index is -0.00408. The number of benzene rings is 3. The second-order valence-corrected chi connectivity index (χ2v) is 7.90. The van der Waals surface area contributed by atoms with Gasteiger partial charge in [-0.1, -0.05) is 62.4 Å². The van der Waals surface area contributed by atoms with E-state index in [9.17, 15) is 0 Å². The van der Waals surface area contributed by atoms with Crippen molar-refractivity contribution in [2.45, 2.75) is 33.1 Å². The van der Waals surface area contributed by atoms with Crippen LogP contribution in [-0.4, -0.2) is 12.9 Å². The molecule has 2 heteroatoms. The molecule has 2 nitrogen and oxygen atoms in total. The topological polar surface area (TPSA) is 24.4 Å². The second kappa shape index (κ2) is 6.38. The molecule has 1 aliphatic rings. The van der Waals surface area contributed by atoms with E-state index >= 15 is 0 Å². The number of aryl methyl sites for hydroxylation is 2. The Balaban J connectivity index is 1.82. The largest absolute Gasteiger partial charge is 0.340 e. The average molecular weight is 354 g/mol. The van der Waals surface area contributed by atoms with Crippen LogP contribution in [0, 0.1) is 13.8 Å². The van der Waals surface area contributed by atoms with Crippen molar-refractivity contribution in [3.05, 3.63) is 88.5 Å². The van der Waals surface area contributed by atoms with Gasteiger partial charge in [-0.15, -0.1) is 0 Å². The van der Waals surface area contributed by atoms with Crippen molar-refractivity contribution in [2.75, 3.05) is 12.4 Å². The molecule has 0 aliphatic heterocycles. The third-order valence-corrected chi connectivity index (χ3v) is 5.81. The average Bonchev–Trinajstić information content (AvgIpc) is 2.88. The van der Waals surface area contributed by atoms with Gasteiger partial charge in [0.05, 0.1) is 0 Å². The van der Waals surface area contributed by atoms with E-state index in [1.54, 1.807) is 0 Å². The lowest BCUT2D eigenvalue weighted by molar-refractivity contribution is 0.660. The number of para-hydroxylation sites is 1. The molecule has 27 heavy (non-hydrogen) atoms. The van der Waals surface area contributed by atoms with Gasteiger partial charge in [-0.25, -0.2) is 0 Å². The van der Waals surface area contributed by atoms with E-state index in [4.69, 9.17) is 0 Å². The lowest BCUT2D eigenvalue weighted by atomic mass is 9.81. The maximum absolute atomic E-state index is 4.58. The molecule has 0 aromatic heterocycles. The first-order valence-corrected chi connectivity index (χ1v) is 9.48. The van der Waals surface area contributed by atoms with E-state index in [1.165, 1.54) is 38.9 Å². The summed E-state index contributed by atoms with van der Waals surface area (Å²) in [5, 5.41) is 3.54. The first-order valence-electron chi connectivity index (χ1n) is 9.48. The van der Waals surface area contributed by atoms with Crippen LogP contribution in [0.5, 0.6) is 0 Å². The smallest absolute Gasteiger partial charge is 0.132 e. The number of hydrogen-bond acceptors (Lipinski definition) is 1. The molecule has 0 fully saturated rings. The lowest BCUT2D eigenvalue weighted by Crippen LogP contribution is -2.19. The van der Waals surface area contributed by atoms with Gasteiger partial charge in [0.25, 0.3) is 0 Å². The fourth-order valence-electron chi connectivity index (χ4n) is 4.20. The number of anilines is 1. The molecule has 0 heterocycles. The van der Waals surface area contributed by atoms with Crippen molar-refractivity contribution in [3.63, 3.8) is 0 Å². The lowest BCUT2D eigenvalue weighted by Gasteiger charge is -2.23. The molecule has 4 rings (SSSR count). The summed E-state index contributed by atoms with van der Waals surface area (Å²) in [5.41, 5.74) is 10.2. The first kappa shape index (κ1) is 17.5. The van der Waals surface area contributed by atoms with Crippen molar-refractivity contribution in [2.24, 2.45) is 4.99 Å². The molecule has 0 saturated heterocycles. The van der Waals surface area contributed by atoms with Crippen molar-refractivity contribution in [1.29, 1.82) is 0 Å². The van der Waals surface area contributed by atoms with Crippen molar-refractivity contribution in [3.8, 4) is 11.1 Å². The van der Waals surface area contributed by atoms with Gasteiger partial charge in [-0.2, -0.15) is 0 Å². The zero-order valence-electron chi connectivity index (χ0n) is 16.7. The SMILES string of the molecule is CN=C(Nc1ccccc1C)c1cc2c(cc1C)-c1ccccc1C2(C)C. The van der Waals surface area contributed by atoms with E-state index in [-0.39, 0.29) is 5.41 Å². The van der Waals surface area contributed by atoms with Crippen molar-refractivity contribution >= 4 is 11.5 Å². The van der Waals surface area contributed by atoms with Crippen molar-refractivity contribution < 1.29 is 0 Å². The zero-order chi connectivity index (χ0) is 19.2. The Kier molecular flexibility index (Phi) is 4.15. The van der Waals surface area contributed by atoms with Gasteiger partial charge in [-0.05, 0) is 59.4 Å². The molecule has 136 valence electrons. The quantitative estimate of drug-likeness (QED) is 0.436. The molecule has 3 aromatic carbocycles. The van der Waals surface area contributed by atoms with E-state index in [0.29, 0.717) is 0 Å². The summed E-state index contributed by atoms with van der Waals surface area (Å²) in [6, 6.07) is 21.7. The minimum absolute atomic E-state index is 0.00408. The zero-order valence-corrected chi connectivity index (χ0v) is 16.7. The van der Waals surface area contributed by atoms with Gasteiger partial charge in [0.2, 0.25) is 0 Å². The fourth-order valence-corrected chi connectivity index (χ4v) is 4.20. The van der Waals surface area contributed by atoms with Gasteiger partial charge < -0.3 is 5.32 Å². The first-order chi connectivity index (χ1) is 12.9. The second-order valence-electron chi connectivity index (χ2n) is 7.90. The van der Waals surface area contributed by atoms with Gasteiger partial charge in [0.15, 0.2) is 0 Å². The molecule has 0 bridgehead atoms. The number of rotatable bonds is 2. The van der Waals surface area contributed by atoms with Crippen LogP contribution in [-0.2, 0) is 5.41 Å². The summed E-state index contributed by atoms with van der Waals surface area (Å²) in [7, 11) is 1.85. The van der Waals surface area contributed by atoms with E-state index in [1.807, 2.05) is 7.05 Å². The molecule has 0 unspecified atom stereocenters. The van der Waals surface area contributed by atoms with Gasteiger partial charge >= 0.3 is 0 Å². The Morgan fingerprint density at radius 2 is 1.52 bits per heavy atom. The summed E-state index contributed by atoms with van der Waals surface area (Å²) >= 11 is 0. The predicted molar refractivity (Wildman–Crippen MR) is 116 cm³/mol. The van der Waals surface area contributed by atoms with Gasteiger partial charge in [-0.3, -0.25) is 4.99 Å². The molecule has 1 N–H and O–H groups in total. The summed E-state index contributed by atoms with van der Waals surface area (Å²) in [4.78, 5) is 4.58. The molecule has 0 spiro atoms. The van der Waals surface area contributed by atoms with Gasteiger partial charge in [0.1, 0.15) is 5.84 Å². The molecular weight excluding hydrogens is 328 g/mol. The highest BCUT2D eigenvalue weighted by molar-refractivity contribution is 6.10. The summed E-state index contributed by atoms with van der Waals surface area (Å²) < 4.78 is 0. The van der Waals surface area contributed by atoms with E-state index in [0.717, 1.165) is 11.5 Å². The Labute approximate surface area is 162 Å². The van der Waals surface area contributed by atoms with E-state index < -0.39 is 0 Å². The molecule has 3 aromatic rings. The Hall–Kier alpha value is -2.87. The van der Waals surface area contributed by atoms with Crippen molar-refractivity contribution in [1.82, 2.24) is 0 Å². The third-order valence-electron chi connectivity index (χ3n) is 5.81. The molecule has 1 aliphatic carbocycles. The summed E-state index contributed by atoms with van der Waals surface area (Å²) in [6.07, 6.45) is 0. The normalized spacial score (nSPS) is 14.6. The highest BCUT2D eigenvalue weighted by Crippen LogP contribution is 2.49. The molecule has 0 atom stereocenters. The Bertz CT molecular complexity index is 1060. The maximum atomic E-state index is 4.58. The Morgan fingerprint density at radius 1 is 0.815 bits per heavy atom. The van der Waals surface area contributed by atoms with Crippen LogP contribution in [0.2, 0.25) is 0 Å². The minimum Gasteiger partial charge on any atom is -0.340 e. The maximum Gasteiger partial charge on any atom is 0.132 e. The van der Waals surface area contributed by atoms with Crippen LogP contribution >= 0.6 is 0 Å². The number of fused-ring (bicyclic) bond motifs is 3. The van der Waals surface area contributed by atoms with Crippen LogP contribution in [0.25, 0.3) is 11.1 Å². The molecule has 0 amide bonds. The number of nitrogens with one attached hydrogen (secondary N) is 1. The number of nitrogens with zero attached hydrogens (tertiary/aromatic N) is 1. The number of aliphatic imine (C=N–C) groups is 1. The Morgan fingerprint density at radius 3 is 2.26 bits per heavy atom. The van der Waals surface area contributed by atoms with Crippen LogP contribution < -0.4 is 5.32 Å². The van der Waals surface area contributed by atoms with E-state index in [2.05, 4.69) is 98.7 Å². The third kappa shape index (κ3) is 2.76. The fraction of sp³-hybridized carbons (Fsp3) is 0.240. The number of amidine groups is 1. The van der Waals surface area contributed by atoms with Crippen LogP contribution in [0.3, 0.4) is 0 Å². The molecule has 0 saturated carbocycles. The summed E-state index contributed by atoms with van der Waals surface area (Å²) in [5.74, 6) is 0.913. The van der Waals surface area contributed by atoms with Crippen LogP contribution in [0.4, 0.5) is 5.69 Å². The highest BCUT2D eigenvalue weighted by atomic mass is 15.0. The number of hydrogen-bond donors (Lipinski definition) is 1. The van der Waals surface area contributed by atoms with Gasteiger partial charge in [0, 0.05) is 23.7 Å². The van der Waals surface area contributed by atoms with Crippen LogP contribution in [0.1, 0.15) is 41.7 Å². The highest BCUT2D eigenvalue weighted by Gasteiger charge is 2.35. The monoisotopic (exact) mass is 354 g/mol. The predicted octanol–water partition coefficient (Wildman–Crippen LogP) is 6.10. The van der Waals surface area contributed by atoms with Crippen LogP contribution in [0.15, 0.2) is 65.7 Å². The molecule has 0 radical (unpaired) electrons. The molecular formula is C25H26N2. The standard InChI is InChI=1S/C25H26N2/c1-16-10-6-9-13-23(16)27-24(26-5)19-15-22-20(14-17(19)2)18-11-7-8-12-21(18)25(22,3)4/h6-15H,1-5H3,(H,26,27).